The fraction of sp³-hybridized carbons (Fsp3) is 0.167. The summed E-state index contributed by atoms with van der Waals surface area (Å²) in [4.78, 5) is 11.9. The Bertz CT molecular complexity index is 566. The Morgan fingerprint density at radius 1 is 1.05 bits per heavy atom. The Hall–Kier alpha value is -2.55. The van der Waals surface area contributed by atoms with Crippen molar-refractivity contribution in [2.75, 3.05) is 11.9 Å². The van der Waals surface area contributed by atoms with Gasteiger partial charge in [-0.1, -0.05) is 54.6 Å². The van der Waals surface area contributed by atoms with Crippen molar-refractivity contribution in [3.63, 3.8) is 0 Å². The molecule has 1 unspecified atom stereocenters. The third kappa shape index (κ3) is 4.80. The van der Waals surface area contributed by atoms with Crippen LogP contribution in [-0.2, 0) is 0 Å². The van der Waals surface area contributed by atoms with Crippen LogP contribution in [-0.4, -0.2) is 12.6 Å². The number of carbonyl (C=O) groups is 1. The molecule has 108 valence electrons. The molecule has 21 heavy (non-hydrogen) atoms. The largest absolute Gasteiger partial charge is 0.337 e. The number of benzene rings is 2. The van der Waals surface area contributed by atoms with Crippen LogP contribution < -0.4 is 10.6 Å². The van der Waals surface area contributed by atoms with E-state index in [1.807, 2.05) is 54.6 Å². The lowest BCUT2D eigenvalue weighted by Crippen LogP contribution is -2.32. The molecule has 0 aliphatic rings. The summed E-state index contributed by atoms with van der Waals surface area (Å²) in [5, 5.41) is 5.73. The second-order valence-electron chi connectivity index (χ2n) is 4.83. The maximum atomic E-state index is 11.9. The van der Waals surface area contributed by atoms with Crippen LogP contribution in [0.4, 0.5) is 10.5 Å². The molecular formula is C18H20N2O. The fourth-order valence-corrected chi connectivity index (χ4v) is 2.18. The predicted molar refractivity (Wildman–Crippen MR) is 87.5 cm³/mol. The van der Waals surface area contributed by atoms with Crippen LogP contribution in [0.3, 0.4) is 0 Å². The van der Waals surface area contributed by atoms with Gasteiger partial charge in [-0.25, -0.2) is 4.79 Å². The fourth-order valence-electron chi connectivity index (χ4n) is 2.18. The molecular weight excluding hydrogens is 260 g/mol. The van der Waals surface area contributed by atoms with E-state index < -0.39 is 0 Å². The molecule has 2 amide bonds. The second kappa shape index (κ2) is 7.90. The lowest BCUT2D eigenvalue weighted by atomic mass is 9.96. The number of carbonyl (C=O) groups excluding carboxylic acids is 1. The summed E-state index contributed by atoms with van der Waals surface area (Å²) < 4.78 is 0. The van der Waals surface area contributed by atoms with Crippen molar-refractivity contribution in [3.8, 4) is 0 Å². The highest BCUT2D eigenvalue weighted by atomic mass is 16.2. The minimum atomic E-state index is -0.189. The Labute approximate surface area is 125 Å². The molecule has 0 spiro atoms. The summed E-state index contributed by atoms with van der Waals surface area (Å²) >= 11 is 0. The maximum absolute atomic E-state index is 11.9. The number of para-hydroxylation sites is 1. The lowest BCUT2D eigenvalue weighted by Gasteiger charge is -2.16. The number of nitrogens with one attached hydrogen (secondary N) is 2. The van der Waals surface area contributed by atoms with Gasteiger partial charge in [0.25, 0.3) is 0 Å². The predicted octanol–water partition coefficient (Wildman–Crippen LogP) is 4.17. The first-order valence-electron chi connectivity index (χ1n) is 7.05. The van der Waals surface area contributed by atoms with Crippen LogP contribution in [0, 0.1) is 0 Å². The van der Waals surface area contributed by atoms with Crippen molar-refractivity contribution >= 4 is 11.7 Å². The van der Waals surface area contributed by atoms with Gasteiger partial charge < -0.3 is 10.6 Å². The molecule has 1 atom stereocenters. The van der Waals surface area contributed by atoms with Gasteiger partial charge in [-0.2, -0.15) is 0 Å². The molecule has 0 saturated carbocycles. The number of hydrogen-bond acceptors (Lipinski definition) is 1. The topological polar surface area (TPSA) is 41.1 Å². The van der Waals surface area contributed by atoms with E-state index in [9.17, 15) is 4.79 Å². The van der Waals surface area contributed by atoms with Gasteiger partial charge in [0.1, 0.15) is 0 Å². The van der Waals surface area contributed by atoms with Crippen LogP contribution in [0.2, 0.25) is 0 Å². The van der Waals surface area contributed by atoms with Crippen molar-refractivity contribution in [2.45, 2.75) is 12.3 Å². The summed E-state index contributed by atoms with van der Waals surface area (Å²) in [5.41, 5.74) is 1.99. The van der Waals surface area contributed by atoms with Crippen molar-refractivity contribution in [3.05, 3.63) is 78.9 Å². The van der Waals surface area contributed by atoms with E-state index in [0.29, 0.717) is 6.54 Å². The molecule has 0 aliphatic heterocycles. The van der Waals surface area contributed by atoms with Gasteiger partial charge >= 0.3 is 6.03 Å². The summed E-state index contributed by atoms with van der Waals surface area (Å²) in [6, 6.07) is 19.4. The second-order valence-corrected chi connectivity index (χ2v) is 4.83. The van der Waals surface area contributed by atoms with E-state index >= 15 is 0 Å². The zero-order chi connectivity index (χ0) is 14.9. The first-order valence-corrected chi connectivity index (χ1v) is 7.05. The van der Waals surface area contributed by atoms with Crippen LogP contribution in [0.25, 0.3) is 0 Å². The van der Waals surface area contributed by atoms with Crippen LogP contribution in [0.1, 0.15) is 17.9 Å². The molecule has 0 aromatic heterocycles. The highest BCUT2D eigenvalue weighted by Gasteiger charge is 2.11. The van der Waals surface area contributed by atoms with Crippen molar-refractivity contribution in [1.82, 2.24) is 5.32 Å². The van der Waals surface area contributed by atoms with E-state index in [1.165, 1.54) is 5.56 Å². The minimum absolute atomic E-state index is 0.189. The van der Waals surface area contributed by atoms with Gasteiger partial charge in [-0.15, -0.1) is 6.58 Å². The number of amides is 2. The normalized spacial score (nSPS) is 11.4. The molecule has 2 aromatic carbocycles. The molecule has 0 heterocycles. The number of hydrogen-bond donors (Lipinski definition) is 2. The summed E-state index contributed by atoms with van der Waals surface area (Å²) in [7, 11) is 0. The Morgan fingerprint density at radius 3 is 2.29 bits per heavy atom. The van der Waals surface area contributed by atoms with E-state index in [-0.39, 0.29) is 11.9 Å². The monoisotopic (exact) mass is 280 g/mol. The molecule has 2 N–H and O–H groups in total. The standard InChI is InChI=1S/C18H20N2O/c1-2-9-16(15-10-5-3-6-11-15)14-19-18(21)20-17-12-7-4-8-13-17/h2-8,10-13,16H,1,9,14H2,(H2,19,20,21). The van der Waals surface area contributed by atoms with Gasteiger partial charge in [0.05, 0.1) is 0 Å². The third-order valence-corrected chi connectivity index (χ3v) is 3.26. The molecule has 3 nitrogen and oxygen atoms in total. The van der Waals surface area contributed by atoms with E-state index in [1.54, 1.807) is 0 Å². The van der Waals surface area contributed by atoms with E-state index in [4.69, 9.17) is 0 Å². The van der Waals surface area contributed by atoms with Crippen molar-refractivity contribution in [1.29, 1.82) is 0 Å². The number of rotatable bonds is 6. The average molecular weight is 280 g/mol. The highest BCUT2D eigenvalue weighted by molar-refractivity contribution is 5.89. The number of allylic oxidation sites excluding steroid dienone is 1. The number of anilines is 1. The first-order chi connectivity index (χ1) is 10.3. The van der Waals surface area contributed by atoms with Crippen molar-refractivity contribution in [2.24, 2.45) is 0 Å². The average Bonchev–Trinajstić information content (AvgIpc) is 2.53. The molecule has 0 saturated heterocycles. The Morgan fingerprint density at radius 2 is 1.67 bits per heavy atom. The smallest absolute Gasteiger partial charge is 0.319 e. The molecule has 0 bridgehead atoms. The zero-order valence-corrected chi connectivity index (χ0v) is 12.0. The molecule has 2 rings (SSSR count). The van der Waals surface area contributed by atoms with Crippen LogP contribution >= 0.6 is 0 Å². The lowest BCUT2D eigenvalue weighted by molar-refractivity contribution is 0.251. The van der Waals surface area contributed by atoms with E-state index in [0.717, 1.165) is 12.1 Å². The first kappa shape index (κ1) is 14.9. The Balaban J connectivity index is 1.90. The van der Waals surface area contributed by atoms with Gasteiger partial charge in [0.15, 0.2) is 0 Å². The SMILES string of the molecule is C=CCC(CNC(=O)Nc1ccccc1)c1ccccc1. The van der Waals surface area contributed by atoms with Gasteiger partial charge in [0, 0.05) is 18.2 Å². The highest BCUT2D eigenvalue weighted by Crippen LogP contribution is 2.18. The Kier molecular flexibility index (Phi) is 5.59. The third-order valence-electron chi connectivity index (χ3n) is 3.26. The van der Waals surface area contributed by atoms with Gasteiger partial charge in [-0.05, 0) is 24.1 Å². The summed E-state index contributed by atoms with van der Waals surface area (Å²) in [6.07, 6.45) is 2.71. The molecule has 2 aromatic rings. The molecule has 3 heteroatoms. The summed E-state index contributed by atoms with van der Waals surface area (Å²) in [6.45, 7) is 4.37. The van der Waals surface area contributed by atoms with E-state index in [2.05, 4.69) is 29.3 Å². The van der Waals surface area contributed by atoms with Crippen LogP contribution in [0.5, 0.6) is 0 Å². The molecule has 0 aliphatic carbocycles. The zero-order valence-electron chi connectivity index (χ0n) is 12.0. The molecule has 0 fully saturated rings. The minimum Gasteiger partial charge on any atom is -0.337 e. The summed E-state index contributed by atoms with van der Waals surface area (Å²) in [5.74, 6) is 0.241. The van der Waals surface area contributed by atoms with Gasteiger partial charge in [-0.3, -0.25) is 0 Å². The van der Waals surface area contributed by atoms with Crippen LogP contribution in [0.15, 0.2) is 73.3 Å². The van der Waals surface area contributed by atoms with Crippen molar-refractivity contribution < 1.29 is 4.79 Å². The number of urea groups is 1. The maximum Gasteiger partial charge on any atom is 0.319 e. The molecule has 0 radical (unpaired) electrons. The quantitative estimate of drug-likeness (QED) is 0.766. The van der Waals surface area contributed by atoms with Gasteiger partial charge in [0.2, 0.25) is 0 Å².